The molecule has 0 aliphatic heterocycles. The lowest BCUT2D eigenvalue weighted by Gasteiger charge is -2.22. The van der Waals surface area contributed by atoms with E-state index in [1.54, 1.807) is 6.92 Å². The summed E-state index contributed by atoms with van der Waals surface area (Å²) in [6.07, 6.45) is 0.506. The van der Waals surface area contributed by atoms with Crippen molar-refractivity contribution in [3.63, 3.8) is 0 Å². The van der Waals surface area contributed by atoms with Crippen molar-refractivity contribution in [2.24, 2.45) is 0 Å². The van der Waals surface area contributed by atoms with Crippen LogP contribution in [0.25, 0.3) is 0 Å². The molecule has 0 unspecified atom stereocenters. The van der Waals surface area contributed by atoms with Gasteiger partial charge in [0.2, 0.25) is 0 Å². The second-order valence-corrected chi connectivity index (χ2v) is 4.34. The molecule has 0 aliphatic rings. The average molecular weight is 303 g/mol. The maximum absolute atomic E-state index is 13.6. The third-order valence-corrected chi connectivity index (χ3v) is 2.86. The van der Waals surface area contributed by atoms with Crippen LogP contribution >= 0.6 is 0 Å². The molecule has 0 saturated carbocycles. The minimum Gasteiger partial charge on any atom is -0.469 e. The maximum atomic E-state index is 13.6. The number of halogens is 3. The van der Waals surface area contributed by atoms with E-state index >= 15 is 0 Å². The van der Waals surface area contributed by atoms with Crippen LogP contribution in [0, 0.1) is 17.5 Å². The zero-order valence-corrected chi connectivity index (χ0v) is 11.8. The molecular formula is C14H16F3NO3. The molecule has 4 nitrogen and oxygen atoms in total. The summed E-state index contributed by atoms with van der Waals surface area (Å²) in [4.78, 5) is 24.5. The highest BCUT2D eigenvalue weighted by Gasteiger charge is 2.23. The van der Waals surface area contributed by atoms with E-state index in [9.17, 15) is 22.8 Å². The second kappa shape index (κ2) is 7.66. The van der Waals surface area contributed by atoms with Crippen molar-refractivity contribution >= 4 is 11.9 Å². The van der Waals surface area contributed by atoms with Crippen molar-refractivity contribution in [2.75, 3.05) is 20.2 Å². The number of hydrogen-bond acceptors (Lipinski definition) is 3. The Hall–Kier alpha value is -2.05. The van der Waals surface area contributed by atoms with Gasteiger partial charge >= 0.3 is 5.97 Å². The van der Waals surface area contributed by atoms with Gasteiger partial charge < -0.3 is 9.64 Å². The van der Waals surface area contributed by atoms with E-state index in [0.29, 0.717) is 12.5 Å². The first kappa shape index (κ1) is 17.0. The van der Waals surface area contributed by atoms with E-state index in [2.05, 4.69) is 4.74 Å². The van der Waals surface area contributed by atoms with E-state index in [1.165, 1.54) is 12.0 Å². The molecular weight excluding hydrogens is 287 g/mol. The van der Waals surface area contributed by atoms with Crippen LogP contribution in [0.4, 0.5) is 13.2 Å². The Balaban J connectivity index is 2.95. The van der Waals surface area contributed by atoms with Crippen LogP contribution < -0.4 is 0 Å². The predicted octanol–water partition coefficient (Wildman–Crippen LogP) is 2.52. The molecule has 116 valence electrons. The van der Waals surface area contributed by atoms with Crippen LogP contribution in [0.15, 0.2) is 12.1 Å². The normalized spacial score (nSPS) is 10.3. The summed E-state index contributed by atoms with van der Waals surface area (Å²) in [5.41, 5.74) is -0.563. The van der Waals surface area contributed by atoms with Crippen LogP contribution in [0.2, 0.25) is 0 Å². The number of rotatable bonds is 6. The minimum absolute atomic E-state index is 0.0117. The molecule has 0 atom stereocenters. The van der Waals surface area contributed by atoms with Gasteiger partial charge in [0, 0.05) is 13.1 Å². The highest BCUT2D eigenvalue weighted by Crippen LogP contribution is 2.17. The summed E-state index contributed by atoms with van der Waals surface area (Å²) in [6, 6.07) is 1.58. The van der Waals surface area contributed by atoms with Gasteiger partial charge in [0.25, 0.3) is 5.91 Å². The third kappa shape index (κ3) is 4.21. The Kier molecular flexibility index (Phi) is 6.20. The molecule has 0 N–H and O–H groups in total. The highest BCUT2D eigenvalue weighted by atomic mass is 19.2. The Morgan fingerprint density at radius 1 is 1.14 bits per heavy atom. The van der Waals surface area contributed by atoms with Gasteiger partial charge in [-0.2, -0.15) is 0 Å². The number of nitrogens with zero attached hydrogens (tertiary/aromatic N) is 1. The molecule has 0 aromatic heterocycles. The minimum atomic E-state index is -1.69. The lowest BCUT2D eigenvalue weighted by atomic mass is 10.1. The van der Waals surface area contributed by atoms with Gasteiger partial charge in [0.05, 0.1) is 19.1 Å². The lowest BCUT2D eigenvalue weighted by Crippen LogP contribution is -2.34. The molecule has 0 fully saturated rings. The van der Waals surface area contributed by atoms with Crippen molar-refractivity contribution in [3.8, 4) is 0 Å². The van der Waals surface area contributed by atoms with Crippen LogP contribution in [-0.2, 0) is 9.53 Å². The van der Waals surface area contributed by atoms with Gasteiger partial charge in [-0.25, -0.2) is 13.2 Å². The Labute approximate surface area is 120 Å². The van der Waals surface area contributed by atoms with E-state index in [0.717, 1.165) is 6.07 Å². The van der Waals surface area contributed by atoms with Gasteiger partial charge in [-0.05, 0) is 18.6 Å². The van der Waals surface area contributed by atoms with E-state index in [4.69, 9.17) is 0 Å². The molecule has 0 saturated heterocycles. The molecule has 0 spiro atoms. The first-order valence-corrected chi connectivity index (χ1v) is 6.41. The first-order valence-electron chi connectivity index (χ1n) is 6.41. The van der Waals surface area contributed by atoms with Crippen molar-refractivity contribution in [3.05, 3.63) is 35.1 Å². The van der Waals surface area contributed by atoms with Crippen molar-refractivity contribution in [2.45, 2.75) is 19.8 Å². The Morgan fingerprint density at radius 2 is 1.81 bits per heavy atom. The van der Waals surface area contributed by atoms with E-state index < -0.39 is 34.9 Å². The number of ether oxygens (including phenoxy) is 1. The van der Waals surface area contributed by atoms with Gasteiger partial charge in [0.1, 0.15) is 0 Å². The number of hydrogen-bond donors (Lipinski definition) is 0. The summed E-state index contributed by atoms with van der Waals surface area (Å²) >= 11 is 0. The number of esters is 1. The van der Waals surface area contributed by atoms with Crippen LogP contribution in [-0.4, -0.2) is 37.0 Å². The fraction of sp³-hybridized carbons (Fsp3) is 0.429. The largest absolute Gasteiger partial charge is 0.469 e. The molecule has 1 aromatic carbocycles. The molecule has 1 amide bonds. The smallest absolute Gasteiger partial charge is 0.307 e. The standard InChI is InChI=1S/C14H16F3NO3/c1-3-7-18(8-6-11(19)21-2)14(20)9-4-5-10(15)13(17)12(9)16/h4-5H,3,6-8H2,1-2H3. The summed E-state index contributed by atoms with van der Waals surface area (Å²) in [5.74, 6) is -5.89. The quantitative estimate of drug-likeness (QED) is 0.599. The summed E-state index contributed by atoms with van der Waals surface area (Å²) in [6.45, 7) is 2.06. The lowest BCUT2D eigenvalue weighted by molar-refractivity contribution is -0.140. The third-order valence-electron chi connectivity index (χ3n) is 2.86. The molecule has 1 aromatic rings. The van der Waals surface area contributed by atoms with E-state index in [1.807, 2.05) is 0 Å². The Morgan fingerprint density at radius 3 is 2.38 bits per heavy atom. The van der Waals surface area contributed by atoms with Crippen molar-refractivity contribution in [1.29, 1.82) is 0 Å². The fourth-order valence-corrected chi connectivity index (χ4v) is 1.77. The van der Waals surface area contributed by atoms with Crippen LogP contribution in [0.3, 0.4) is 0 Å². The first-order chi connectivity index (χ1) is 9.92. The second-order valence-electron chi connectivity index (χ2n) is 4.34. The highest BCUT2D eigenvalue weighted by molar-refractivity contribution is 5.94. The van der Waals surface area contributed by atoms with Crippen molar-refractivity contribution < 1.29 is 27.5 Å². The monoisotopic (exact) mass is 303 g/mol. The zero-order chi connectivity index (χ0) is 16.0. The number of methoxy groups -OCH3 is 1. The molecule has 0 bridgehead atoms. The fourth-order valence-electron chi connectivity index (χ4n) is 1.77. The average Bonchev–Trinajstić information content (AvgIpc) is 2.48. The summed E-state index contributed by atoms with van der Waals surface area (Å²) < 4.78 is 44.1. The Bertz CT molecular complexity index is 534. The summed E-state index contributed by atoms with van der Waals surface area (Å²) in [5, 5.41) is 0. The zero-order valence-electron chi connectivity index (χ0n) is 11.8. The molecule has 7 heteroatoms. The summed E-state index contributed by atoms with van der Waals surface area (Å²) in [7, 11) is 1.21. The van der Waals surface area contributed by atoms with Gasteiger partial charge in [-0.1, -0.05) is 6.92 Å². The molecule has 1 rings (SSSR count). The predicted molar refractivity (Wildman–Crippen MR) is 69.1 cm³/mol. The van der Waals surface area contributed by atoms with E-state index in [-0.39, 0.29) is 19.5 Å². The van der Waals surface area contributed by atoms with Crippen LogP contribution in [0.5, 0.6) is 0 Å². The molecule has 0 aliphatic carbocycles. The SMILES string of the molecule is CCCN(CCC(=O)OC)C(=O)c1ccc(F)c(F)c1F. The van der Waals surface area contributed by atoms with Crippen molar-refractivity contribution in [1.82, 2.24) is 4.90 Å². The van der Waals surface area contributed by atoms with Gasteiger partial charge in [0.15, 0.2) is 17.5 Å². The number of carbonyl (C=O) groups excluding carboxylic acids is 2. The van der Waals surface area contributed by atoms with Crippen LogP contribution in [0.1, 0.15) is 30.1 Å². The van der Waals surface area contributed by atoms with Gasteiger partial charge in [-0.3, -0.25) is 9.59 Å². The molecule has 21 heavy (non-hydrogen) atoms. The maximum Gasteiger partial charge on any atom is 0.307 e. The number of benzene rings is 1. The number of carbonyl (C=O) groups is 2. The van der Waals surface area contributed by atoms with Gasteiger partial charge in [-0.15, -0.1) is 0 Å². The molecule has 0 heterocycles. The number of amides is 1. The molecule has 0 radical (unpaired) electrons. The topological polar surface area (TPSA) is 46.6 Å².